The Morgan fingerprint density at radius 1 is 1.17 bits per heavy atom. The Hall–Kier alpha value is -1.22. The van der Waals surface area contributed by atoms with E-state index in [0.717, 1.165) is 17.9 Å². The van der Waals surface area contributed by atoms with Gasteiger partial charge < -0.3 is 14.8 Å². The van der Waals surface area contributed by atoms with Crippen LogP contribution in [0.3, 0.4) is 0 Å². The number of methoxy groups -OCH3 is 2. The molecule has 0 amide bonds. The van der Waals surface area contributed by atoms with Crippen molar-refractivity contribution in [2.45, 2.75) is 32.7 Å². The maximum Gasteiger partial charge on any atom is 0.160 e. The van der Waals surface area contributed by atoms with Crippen molar-refractivity contribution in [1.29, 1.82) is 0 Å². The van der Waals surface area contributed by atoms with E-state index < -0.39 is 0 Å². The topological polar surface area (TPSA) is 30.5 Å². The number of ether oxygens (including phenoxy) is 2. The number of nitrogens with one attached hydrogen (secondary N) is 1. The van der Waals surface area contributed by atoms with E-state index in [9.17, 15) is 0 Å². The standard InChI is InChI=1S/C15H25NO2/c1-6-11(2)13(16-3)9-12-7-8-14(17-4)15(10-12)18-5/h7-8,10-11,13,16H,6,9H2,1-5H3. The average molecular weight is 251 g/mol. The second kappa shape index (κ2) is 7.27. The first-order chi connectivity index (χ1) is 8.65. The first-order valence-corrected chi connectivity index (χ1v) is 6.54. The second-order valence-corrected chi connectivity index (χ2v) is 4.67. The van der Waals surface area contributed by atoms with Crippen LogP contribution in [-0.2, 0) is 6.42 Å². The van der Waals surface area contributed by atoms with Crippen LogP contribution in [0.4, 0.5) is 0 Å². The highest BCUT2D eigenvalue weighted by Crippen LogP contribution is 2.28. The third-order valence-corrected chi connectivity index (χ3v) is 3.61. The van der Waals surface area contributed by atoms with E-state index >= 15 is 0 Å². The maximum absolute atomic E-state index is 5.33. The molecular formula is C15H25NO2. The Labute approximate surface area is 110 Å². The number of hydrogen-bond donors (Lipinski definition) is 1. The second-order valence-electron chi connectivity index (χ2n) is 4.67. The number of benzene rings is 1. The molecule has 0 radical (unpaired) electrons. The number of likely N-dealkylation sites (N-methyl/N-ethyl adjacent to an activating group) is 1. The van der Waals surface area contributed by atoms with Crippen LogP contribution in [0.25, 0.3) is 0 Å². The van der Waals surface area contributed by atoms with Gasteiger partial charge in [0.05, 0.1) is 14.2 Å². The minimum atomic E-state index is 0.494. The highest BCUT2D eigenvalue weighted by molar-refractivity contribution is 5.43. The lowest BCUT2D eigenvalue weighted by Gasteiger charge is -2.23. The summed E-state index contributed by atoms with van der Waals surface area (Å²) >= 11 is 0. The summed E-state index contributed by atoms with van der Waals surface area (Å²) in [5, 5.41) is 3.40. The average Bonchev–Trinajstić information content (AvgIpc) is 2.43. The van der Waals surface area contributed by atoms with Gasteiger partial charge in [0.25, 0.3) is 0 Å². The molecule has 0 aliphatic carbocycles. The highest BCUT2D eigenvalue weighted by atomic mass is 16.5. The van der Waals surface area contributed by atoms with Crippen LogP contribution in [0.2, 0.25) is 0 Å². The van der Waals surface area contributed by atoms with Gasteiger partial charge in [-0.2, -0.15) is 0 Å². The summed E-state index contributed by atoms with van der Waals surface area (Å²) in [6, 6.07) is 6.63. The molecule has 0 saturated heterocycles. The van der Waals surface area contributed by atoms with Crippen LogP contribution >= 0.6 is 0 Å². The zero-order valence-corrected chi connectivity index (χ0v) is 12.1. The van der Waals surface area contributed by atoms with Crippen molar-refractivity contribution in [1.82, 2.24) is 5.32 Å². The molecule has 2 unspecified atom stereocenters. The molecule has 0 fully saturated rings. The van der Waals surface area contributed by atoms with E-state index in [0.29, 0.717) is 12.0 Å². The van der Waals surface area contributed by atoms with Gasteiger partial charge in [-0.3, -0.25) is 0 Å². The van der Waals surface area contributed by atoms with Crippen LogP contribution in [0, 0.1) is 5.92 Å². The third-order valence-electron chi connectivity index (χ3n) is 3.61. The van der Waals surface area contributed by atoms with E-state index in [4.69, 9.17) is 9.47 Å². The van der Waals surface area contributed by atoms with E-state index in [1.807, 2.05) is 13.1 Å². The van der Waals surface area contributed by atoms with E-state index in [1.165, 1.54) is 12.0 Å². The molecule has 0 saturated carbocycles. The van der Waals surface area contributed by atoms with Gasteiger partial charge >= 0.3 is 0 Å². The van der Waals surface area contributed by atoms with Gasteiger partial charge in [-0.15, -0.1) is 0 Å². The normalized spacial score (nSPS) is 14.1. The Kier molecular flexibility index (Phi) is 5.99. The Morgan fingerprint density at radius 2 is 1.83 bits per heavy atom. The Morgan fingerprint density at radius 3 is 2.33 bits per heavy atom. The Balaban J connectivity index is 2.83. The molecule has 18 heavy (non-hydrogen) atoms. The molecule has 1 aromatic carbocycles. The van der Waals surface area contributed by atoms with Gasteiger partial charge in [-0.1, -0.05) is 26.3 Å². The first kappa shape index (κ1) is 14.8. The van der Waals surface area contributed by atoms with E-state index in [2.05, 4.69) is 31.3 Å². The quantitative estimate of drug-likeness (QED) is 0.808. The van der Waals surface area contributed by atoms with Gasteiger partial charge in [0.1, 0.15) is 0 Å². The molecule has 0 bridgehead atoms. The smallest absolute Gasteiger partial charge is 0.160 e. The lowest BCUT2D eigenvalue weighted by Crippen LogP contribution is -2.33. The molecule has 0 aliphatic rings. The zero-order chi connectivity index (χ0) is 13.5. The van der Waals surface area contributed by atoms with Crippen molar-refractivity contribution in [2.24, 2.45) is 5.92 Å². The molecule has 3 nitrogen and oxygen atoms in total. The third kappa shape index (κ3) is 3.64. The molecule has 2 atom stereocenters. The van der Waals surface area contributed by atoms with Gasteiger partial charge in [0, 0.05) is 6.04 Å². The Bertz CT molecular complexity index is 366. The van der Waals surface area contributed by atoms with E-state index in [1.54, 1.807) is 14.2 Å². The van der Waals surface area contributed by atoms with Gasteiger partial charge in [0.2, 0.25) is 0 Å². The monoisotopic (exact) mass is 251 g/mol. The molecule has 3 heteroatoms. The van der Waals surface area contributed by atoms with Gasteiger partial charge in [-0.05, 0) is 37.1 Å². The van der Waals surface area contributed by atoms with Crippen molar-refractivity contribution < 1.29 is 9.47 Å². The van der Waals surface area contributed by atoms with Crippen molar-refractivity contribution in [3.8, 4) is 11.5 Å². The summed E-state index contributed by atoms with van der Waals surface area (Å²) in [5.41, 5.74) is 1.27. The lowest BCUT2D eigenvalue weighted by molar-refractivity contribution is 0.353. The van der Waals surface area contributed by atoms with Crippen LogP contribution in [0.1, 0.15) is 25.8 Å². The largest absolute Gasteiger partial charge is 0.493 e. The molecule has 102 valence electrons. The molecule has 0 spiro atoms. The van der Waals surface area contributed by atoms with Crippen molar-refractivity contribution in [2.75, 3.05) is 21.3 Å². The summed E-state index contributed by atoms with van der Waals surface area (Å²) in [7, 11) is 5.36. The summed E-state index contributed by atoms with van der Waals surface area (Å²) in [4.78, 5) is 0. The fourth-order valence-electron chi connectivity index (χ4n) is 2.13. The summed E-state index contributed by atoms with van der Waals surface area (Å²) in [5.74, 6) is 2.24. The molecule has 1 aromatic rings. The summed E-state index contributed by atoms with van der Waals surface area (Å²) < 4.78 is 10.6. The van der Waals surface area contributed by atoms with Crippen molar-refractivity contribution in [3.05, 3.63) is 23.8 Å². The predicted octanol–water partition coefficient (Wildman–Crippen LogP) is 2.88. The predicted molar refractivity (Wildman–Crippen MR) is 75.6 cm³/mol. The SMILES string of the molecule is CCC(C)C(Cc1ccc(OC)c(OC)c1)NC. The molecule has 0 aromatic heterocycles. The lowest BCUT2D eigenvalue weighted by atomic mass is 9.93. The first-order valence-electron chi connectivity index (χ1n) is 6.54. The summed E-state index contributed by atoms with van der Waals surface area (Å²) in [6.45, 7) is 4.51. The van der Waals surface area contributed by atoms with Crippen LogP contribution in [0.5, 0.6) is 11.5 Å². The summed E-state index contributed by atoms with van der Waals surface area (Å²) in [6.07, 6.45) is 2.19. The van der Waals surface area contributed by atoms with Crippen LogP contribution in [-0.4, -0.2) is 27.3 Å². The molecule has 1 N–H and O–H groups in total. The highest BCUT2D eigenvalue weighted by Gasteiger charge is 2.15. The molecule has 1 rings (SSSR count). The molecule has 0 aliphatic heterocycles. The number of hydrogen-bond acceptors (Lipinski definition) is 3. The van der Waals surface area contributed by atoms with Crippen LogP contribution in [0.15, 0.2) is 18.2 Å². The fraction of sp³-hybridized carbons (Fsp3) is 0.600. The van der Waals surface area contributed by atoms with Crippen molar-refractivity contribution in [3.63, 3.8) is 0 Å². The fourth-order valence-corrected chi connectivity index (χ4v) is 2.13. The van der Waals surface area contributed by atoms with Gasteiger partial charge in [-0.25, -0.2) is 0 Å². The van der Waals surface area contributed by atoms with E-state index in [-0.39, 0.29) is 0 Å². The van der Waals surface area contributed by atoms with Gasteiger partial charge in [0.15, 0.2) is 11.5 Å². The maximum atomic E-state index is 5.33. The zero-order valence-electron chi connectivity index (χ0n) is 12.1. The van der Waals surface area contributed by atoms with Crippen molar-refractivity contribution >= 4 is 0 Å². The minimum Gasteiger partial charge on any atom is -0.493 e. The number of rotatable bonds is 7. The molecular weight excluding hydrogens is 226 g/mol. The minimum absolute atomic E-state index is 0.494. The molecule has 0 heterocycles. The van der Waals surface area contributed by atoms with Crippen LogP contribution < -0.4 is 14.8 Å².